The fourth-order valence-corrected chi connectivity index (χ4v) is 3.71. The van der Waals surface area contributed by atoms with Crippen molar-refractivity contribution in [1.82, 2.24) is 9.88 Å². The highest BCUT2D eigenvalue weighted by Gasteiger charge is 2.25. The van der Waals surface area contributed by atoms with E-state index in [-0.39, 0.29) is 18.2 Å². The fourth-order valence-electron chi connectivity index (χ4n) is 3.71. The van der Waals surface area contributed by atoms with Gasteiger partial charge < -0.3 is 14.3 Å². The van der Waals surface area contributed by atoms with Gasteiger partial charge in [-0.3, -0.25) is 9.59 Å². The van der Waals surface area contributed by atoms with Gasteiger partial charge in [0.1, 0.15) is 5.58 Å². The third-order valence-corrected chi connectivity index (χ3v) is 5.02. The number of allylic oxidation sites excluding steroid dienone is 2. The lowest BCUT2D eigenvalue weighted by Crippen LogP contribution is -2.20. The van der Waals surface area contributed by atoms with Crippen molar-refractivity contribution in [3.05, 3.63) is 76.2 Å². The molecule has 0 spiro atoms. The minimum absolute atomic E-state index is 0. The number of benzene rings is 1. The summed E-state index contributed by atoms with van der Waals surface area (Å²) in [6, 6.07) is 7.59. The Labute approximate surface area is 198 Å². The molecular formula is C28H38N2O3. The van der Waals surface area contributed by atoms with Crippen LogP contribution in [0, 0.1) is 5.92 Å². The maximum absolute atomic E-state index is 12.4. The van der Waals surface area contributed by atoms with E-state index < -0.39 is 0 Å². The molecule has 0 saturated carbocycles. The van der Waals surface area contributed by atoms with Crippen LogP contribution in [0.2, 0.25) is 0 Å². The molecule has 1 N–H and O–H groups in total. The molecule has 2 aromatic heterocycles. The largest absolute Gasteiger partial charge is 0.454 e. The van der Waals surface area contributed by atoms with E-state index in [1.807, 2.05) is 50.7 Å². The van der Waals surface area contributed by atoms with Crippen molar-refractivity contribution >= 4 is 22.3 Å². The summed E-state index contributed by atoms with van der Waals surface area (Å²) in [6.07, 6.45) is 5.49. The van der Waals surface area contributed by atoms with E-state index in [1.165, 1.54) is 12.1 Å². The monoisotopic (exact) mass is 450 g/mol. The standard InChI is InChI=1S/C22H20N2O3.C4H10.C2H6.H2/c1-4-19(25)17-12-24-9-8-16-15-7-5-6-14(13(2)11-23-3)21(15)27-22(16)18(24)10-20(17)26;1-4(2)3;1-2;/h4-7,10-12,23H,1,8-9H2,2-3H3;4H,1-3H3;1-2H3;1H/b13-11+;;;. The Balaban J connectivity index is 0.000000751. The number of aromatic nitrogens is 1. The second-order valence-corrected chi connectivity index (χ2v) is 8.39. The normalized spacial score (nSPS) is 12.1. The molecule has 1 aliphatic rings. The second-order valence-electron chi connectivity index (χ2n) is 8.39. The fraction of sp³-hybridized carbons (Fsp3) is 0.357. The summed E-state index contributed by atoms with van der Waals surface area (Å²) in [7, 11) is 1.86. The Bertz CT molecular complexity index is 1230. The number of hydrogen-bond acceptors (Lipinski definition) is 4. The first-order valence-corrected chi connectivity index (χ1v) is 11.6. The molecule has 0 unspecified atom stereocenters. The van der Waals surface area contributed by atoms with E-state index in [1.54, 1.807) is 6.20 Å². The number of carbonyl (C=O) groups excluding carboxylic acids is 1. The lowest BCUT2D eigenvalue weighted by molar-refractivity contribution is 0.104. The van der Waals surface area contributed by atoms with Crippen LogP contribution in [-0.4, -0.2) is 17.4 Å². The molecule has 0 fully saturated rings. The number of nitrogens with one attached hydrogen (secondary N) is 1. The lowest BCUT2D eigenvalue weighted by atomic mass is 9.98. The topological polar surface area (TPSA) is 64.2 Å². The summed E-state index contributed by atoms with van der Waals surface area (Å²) in [6.45, 7) is 16.7. The number of rotatable bonds is 4. The molecular weight excluding hydrogens is 412 g/mol. The molecule has 0 bridgehead atoms. The van der Waals surface area contributed by atoms with E-state index in [9.17, 15) is 9.59 Å². The Morgan fingerprint density at radius 2 is 1.91 bits per heavy atom. The maximum atomic E-state index is 12.4. The number of hydrogen-bond donors (Lipinski definition) is 1. The molecule has 0 aliphatic carbocycles. The van der Waals surface area contributed by atoms with Crippen molar-refractivity contribution < 1.29 is 10.6 Å². The van der Waals surface area contributed by atoms with Crippen molar-refractivity contribution in [1.29, 1.82) is 0 Å². The van der Waals surface area contributed by atoms with E-state index in [0.29, 0.717) is 18.0 Å². The molecule has 1 aliphatic heterocycles. The summed E-state index contributed by atoms with van der Waals surface area (Å²) in [5.74, 6) is 1.18. The van der Waals surface area contributed by atoms with Crippen molar-refractivity contribution in [2.24, 2.45) is 5.92 Å². The minimum atomic E-state index is -0.360. The van der Waals surface area contributed by atoms with Gasteiger partial charge in [0.15, 0.2) is 17.0 Å². The zero-order valence-corrected chi connectivity index (χ0v) is 20.9. The highest BCUT2D eigenvalue weighted by Crippen LogP contribution is 2.39. The van der Waals surface area contributed by atoms with Gasteiger partial charge in [0, 0.05) is 43.8 Å². The van der Waals surface area contributed by atoms with Crippen LogP contribution in [0.15, 0.2) is 58.5 Å². The lowest BCUT2D eigenvalue weighted by Gasteiger charge is -2.18. The number of nitrogens with zero attached hydrogens (tertiary/aromatic N) is 1. The zero-order valence-electron chi connectivity index (χ0n) is 20.9. The van der Waals surface area contributed by atoms with E-state index >= 15 is 0 Å². The summed E-state index contributed by atoms with van der Waals surface area (Å²) in [5.41, 5.74) is 4.54. The van der Waals surface area contributed by atoms with Gasteiger partial charge in [0.2, 0.25) is 0 Å². The molecule has 178 valence electrons. The minimum Gasteiger partial charge on any atom is -0.454 e. The second kappa shape index (κ2) is 11.5. The maximum Gasteiger partial charge on any atom is 0.193 e. The molecule has 4 rings (SSSR count). The van der Waals surface area contributed by atoms with Gasteiger partial charge >= 0.3 is 0 Å². The number of ketones is 1. The number of para-hydroxylation sites is 1. The highest BCUT2D eigenvalue weighted by molar-refractivity contribution is 6.04. The van der Waals surface area contributed by atoms with Crippen molar-refractivity contribution in [2.75, 3.05) is 7.05 Å². The number of pyridine rings is 1. The molecule has 5 nitrogen and oxygen atoms in total. The van der Waals surface area contributed by atoms with E-state index in [4.69, 9.17) is 4.42 Å². The van der Waals surface area contributed by atoms with Gasteiger partial charge in [0.25, 0.3) is 0 Å². The van der Waals surface area contributed by atoms with E-state index in [0.717, 1.165) is 40.0 Å². The Hall–Kier alpha value is -3.34. The number of aryl methyl sites for hydroxylation is 2. The van der Waals surface area contributed by atoms with Crippen LogP contribution >= 0.6 is 0 Å². The molecule has 1 aromatic carbocycles. The molecule has 33 heavy (non-hydrogen) atoms. The third-order valence-electron chi connectivity index (χ3n) is 5.02. The molecule has 0 amide bonds. The summed E-state index contributed by atoms with van der Waals surface area (Å²) in [5, 5.41) is 4.11. The molecule has 0 atom stereocenters. The van der Waals surface area contributed by atoms with Gasteiger partial charge in [-0.25, -0.2) is 0 Å². The average Bonchev–Trinajstić information content (AvgIpc) is 3.18. The molecule has 3 heterocycles. The molecule has 0 radical (unpaired) electrons. The predicted molar refractivity (Wildman–Crippen MR) is 141 cm³/mol. The van der Waals surface area contributed by atoms with Crippen LogP contribution in [-0.2, 0) is 13.0 Å². The third kappa shape index (κ3) is 5.54. The Morgan fingerprint density at radius 1 is 1.24 bits per heavy atom. The smallest absolute Gasteiger partial charge is 0.193 e. The van der Waals surface area contributed by atoms with Crippen LogP contribution in [0.25, 0.3) is 28.0 Å². The quantitative estimate of drug-likeness (QED) is 0.355. The average molecular weight is 451 g/mol. The van der Waals surface area contributed by atoms with Crippen molar-refractivity contribution in [3.8, 4) is 11.5 Å². The molecule has 5 heteroatoms. The van der Waals surface area contributed by atoms with Crippen LogP contribution in [0.3, 0.4) is 0 Å². The van der Waals surface area contributed by atoms with Gasteiger partial charge in [-0.1, -0.05) is 59.4 Å². The van der Waals surface area contributed by atoms with Gasteiger partial charge in [-0.15, -0.1) is 0 Å². The van der Waals surface area contributed by atoms with Gasteiger partial charge in [-0.05, 0) is 37.1 Å². The van der Waals surface area contributed by atoms with E-state index in [2.05, 4.69) is 38.7 Å². The van der Waals surface area contributed by atoms with Crippen LogP contribution in [0.1, 0.15) is 64.5 Å². The Kier molecular flexibility index (Phi) is 9.03. The first kappa shape index (κ1) is 25.9. The first-order chi connectivity index (χ1) is 15.8. The van der Waals surface area contributed by atoms with Crippen LogP contribution in [0.4, 0.5) is 0 Å². The van der Waals surface area contributed by atoms with Crippen LogP contribution in [0.5, 0.6) is 0 Å². The molecule has 3 aromatic rings. The van der Waals surface area contributed by atoms with Crippen LogP contribution < -0.4 is 10.7 Å². The predicted octanol–water partition coefficient (Wildman–Crippen LogP) is 6.70. The Morgan fingerprint density at radius 3 is 2.52 bits per heavy atom. The SMILES string of the molecule is C=CC(=O)c1cn2c(cc1=O)-c1oc3c(/C(C)=C/NC)cccc3c1CC2.CC.CC(C)C.[HH]. The number of fused-ring (bicyclic) bond motifs is 5. The van der Waals surface area contributed by atoms with Crippen molar-refractivity contribution in [2.45, 2.75) is 54.5 Å². The summed E-state index contributed by atoms with van der Waals surface area (Å²) >= 11 is 0. The zero-order chi connectivity index (χ0) is 24.7. The first-order valence-electron chi connectivity index (χ1n) is 11.6. The summed E-state index contributed by atoms with van der Waals surface area (Å²) in [4.78, 5) is 24.4. The highest BCUT2D eigenvalue weighted by atomic mass is 16.3. The van der Waals surface area contributed by atoms with Gasteiger partial charge in [-0.2, -0.15) is 0 Å². The van der Waals surface area contributed by atoms with Gasteiger partial charge in [0.05, 0.1) is 11.3 Å². The molecule has 0 saturated heterocycles. The van der Waals surface area contributed by atoms with Crippen molar-refractivity contribution in [3.63, 3.8) is 0 Å². The summed E-state index contributed by atoms with van der Waals surface area (Å²) < 4.78 is 8.18. The number of furan rings is 1. The number of carbonyl (C=O) groups is 1.